The summed E-state index contributed by atoms with van der Waals surface area (Å²) in [7, 11) is 0. The zero-order valence-corrected chi connectivity index (χ0v) is 11.6. The van der Waals surface area contributed by atoms with E-state index in [9.17, 15) is 0 Å². The molecule has 94 valence electrons. The number of benzene rings is 1. The van der Waals surface area contributed by atoms with Gasteiger partial charge in [-0.2, -0.15) is 0 Å². The van der Waals surface area contributed by atoms with Crippen LogP contribution in [0.3, 0.4) is 0 Å². The van der Waals surface area contributed by atoms with Crippen molar-refractivity contribution in [1.29, 1.82) is 0 Å². The van der Waals surface area contributed by atoms with Gasteiger partial charge in [0, 0.05) is 10.1 Å². The average Bonchev–Trinajstić information content (AvgIpc) is 2.34. The summed E-state index contributed by atoms with van der Waals surface area (Å²) in [4.78, 5) is 1.47. The van der Waals surface area contributed by atoms with E-state index in [0.717, 1.165) is 18.2 Å². The fourth-order valence-corrected chi connectivity index (χ4v) is 3.92. The molecule has 0 heterocycles. The van der Waals surface area contributed by atoms with E-state index >= 15 is 0 Å². The molecule has 0 saturated heterocycles. The Balaban J connectivity index is 2.07. The van der Waals surface area contributed by atoms with E-state index in [2.05, 4.69) is 36.9 Å². The fourth-order valence-electron chi connectivity index (χ4n) is 2.54. The molecule has 1 aromatic rings. The first-order valence-electron chi connectivity index (χ1n) is 6.76. The SMILES string of the molecule is Cc1ccc(SC2CCCCC2)c(CCN)c1. The summed E-state index contributed by atoms with van der Waals surface area (Å²) in [5, 5.41) is 0.836. The van der Waals surface area contributed by atoms with E-state index in [1.807, 2.05) is 0 Å². The Morgan fingerprint density at radius 2 is 2.00 bits per heavy atom. The van der Waals surface area contributed by atoms with Gasteiger partial charge in [0.25, 0.3) is 0 Å². The maximum atomic E-state index is 5.70. The predicted molar refractivity (Wildman–Crippen MR) is 76.7 cm³/mol. The molecule has 1 aromatic carbocycles. The van der Waals surface area contributed by atoms with Crippen LogP contribution in [0.4, 0.5) is 0 Å². The van der Waals surface area contributed by atoms with Crippen LogP contribution in [0, 0.1) is 6.92 Å². The molecule has 0 aliphatic heterocycles. The zero-order valence-electron chi connectivity index (χ0n) is 10.7. The van der Waals surface area contributed by atoms with E-state index in [0.29, 0.717) is 0 Å². The molecule has 2 rings (SSSR count). The Kier molecular flexibility index (Phi) is 4.93. The highest BCUT2D eigenvalue weighted by Gasteiger charge is 2.16. The Hall–Kier alpha value is -0.470. The van der Waals surface area contributed by atoms with Crippen molar-refractivity contribution in [2.45, 2.75) is 55.6 Å². The van der Waals surface area contributed by atoms with Gasteiger partial charge in [0.2, 0.25) is 0 Å². The lowest BCUT2D eigenvalue weighted by molar-refractivity contribution is 0.516. The molecule has 0 bridgehead atoms. The third-order valence-corrected chi connectivity index (χ3v) is 4.93. The highest BCUT2D eigenvalue weighted by atomic mass is 32.2. The van der Waals surface area contributed by atoms with E-state index in [1.165, 1.54) is 48.1 Å². The van der Waals surface area contributed by atoms with Crippen molar-refractivity contribution >= 4 is 11.8 Å². The summed E-state index contributed by atoms with van der Waals surface area (Å²) < 4.78 is 0. The molecular weight excluding hydrogens is 226 g/mol. The number of rotatable bonds is 4. The molecule has 2 N–H and O–H groups in total. The Morgan fingerprint density at radius 3 is 2.71 bits per heavy atom. The Bertz CT molecular complexity index is 356. The van der Waals surface area contributed by atoms with Gasteiger partial charge in [-0.25, -0.2) is 0 Å². The van der Waals surface area contributed by atoms with Crippen LogP contribution in [0.1, 0.15) is 43.2 Å². The lowest BCUT2D eigenvalue weighted by Crippen LogP contribution is -2.09. The molecule has 0 aromatic heterocycles. The minimum Gasteiger partial charge on any atom is -0.330 e. The standard InChI is InChI=1S/C15H23NS/c1-12-7-8-15(13(11-12)9-10-16)17-14-5-3-2-4-6-14/h7-8,11,14H,2-6,9-10,16H2,1H3. The van der Waals surface area contributed by atoms with E-state index in [1.54, 1.807) is 0 Å². The minimum absolute atomic E-state index is 0.752. The molecule has 1 aliphatic carbocycles. The highest BCUT2D eigenvalue weighted by Crippen LogP contribution is 2.35. The maximum Gasteiger partial charge on any atom is 0.0107 e. The molecule has 0 amide bonds. The quantitative estimate of drug-likeness (QED) is 0.875. The lowest BCUT2D eigenvalue weighted by atomic mass is 10.0. The maximum absolute atomic E-state index is 5.70. The molecule has 0 radical (unpaired) electrons. The molecule has 1 nitrogen and oxygen atoms in total. The number of hydrogen-bond donors (Lipinski definition) is 1. The van der Waals surface area contributed by atoms with Crippen molar-refractivity contribution in [2.24, 2.45) is 5.73 Å². The smallest absolute Gasteiger partial charge is 0.0107 e. The topological polar surface area (TPSA) is 26.0 Å². The van der Waals surface area contributed by atoms with E-state index in [-0.39, 0.29) is 0 Å². The van der Waals surface area contributed by atoms with Gasteiger partial charge in [-0.1, -0.05) is 37.0 Å². The first-order chi connectivity index (χ1) is 8.29. The predicted octanol–water partition coefficient (Wildman–Crippen LogP) is 3.92. The van der Waals surface area contributed by atoms with Crippen LogP contribution >= 0.6 is 11.8 Å². The van der Waals surface area contributed by atoms with E-state index < -0.39 is 0 Å². The van der Waals surface area contributed by atoms with Gasteiger partial charge >= 0.3 is 0 Å². The molecule has 1 fully saturated rings. The summed E-state index contributed by atoms with van der Waals surface area (Å²) >= 11 is 2.08. The number of hydrogen-bond acceptors (Lipinski definition) is 2. The van der Waals surface area contributed by atoms with Gasteiger partial charge in [-0.05, 0) is 44.4 Å². The molecule has 0 spiro atoms. The fraction of sp³-hybridized carbons (Fsp3) is 0.600. The van der Waals surface area contributed by atoms with Crippen LogP contribution in [-0.4, -0.2) is 11.8 Å². The van der Waals surface area contributed by atoms with Crippen LogP contribution in [0.15, 0.2) is 23.1 Å². The third kappa shape index (κ3) is 3.75. The molecule has 0 unspecified atom stereocenters. The first kappa shape index (κ1) is 13.0. The van der Waals surface area contributed by atoms with Gasteiger partial charge in [0.05, 0.1) is 0 Å². The largest absolute Gasteiger partial charge is 0.330 e. The Morgan fingerprint density at radius 1 is 1.24 bits per heavy atom. The second-order valence-electron chi connectivity index (χ2n) is 5.03. The number of nitrogens with two attached hydrogens (primary N) is 1. The summed E-state index contributed by atoms with van der Waals surface area (Å²) in [5.41, 5.74) is 8.50. The molecule has 1 saturated carbocycles. The summed E-state index contributed by atoms with van der Waals surface area (Å²) in [6.07, 6.45) is 8.05. The van der Waals surface area contributed by atoms with Crippen molar-refractivity contribution in [2.75, 3.05) is 6.54 Å². The third-order valence-electron chi connectivity index (χ3n) is 3.48. The van der Waals surface area contributed by atoms with Crippen molar-refractivity contribution in [3.63, 3.8) is 0 Å². The lowest BCUT2D eigenvalue weighted by Gasteiger charge is -2.22. The van der Waals surface area contributed by atoms with Crippen LogP contribution in [0.25, 0.3) is 0 Å². The molecule has 1 aliphatic rings. The van der Waals surface area contributed by atoms with Crippen molar-refractivity contribution in [1.82, 2.24) is 0 Å². The molecule has 2 heteroatoms. The number of aryl methyl sites for hydroxylation is 1. The van der Waals surface area contributed by atoms with E-state index in [4.69, 9.17) is 5.73 Å². The van der Waals surface area contributed by atoms with Crippen molar-refractivity contribution in [3.05, 3.63) is 29.3 Å². The van der Waals surface area contributed by atoms with Crippen LogP contribution in [0.2, 0.25) is 0 Å². The van der Waals surface area contributed by atoms with Gasteiger partial charge in [0.1, 0.15) is 0 Å². The summed E-state index contributed by atoms with van der Waals surface area (Å²) in [6.45, 7) is 2.91. The van der Waals surface area contributed by atoms with Crippen LogP contribution in [-0.2, 0) is 6.42 Å². The van der Waals surface area contributed by atoms with Crippen LogP contribution in [0.5, 0.6) is 0 Å². The first-order valence-corrected chi connectivity index (χ1v) is 7.64. The monoisotopic (exact) mass is 249 g/mol. The Labute approximate surface area is 109 Å². The molecular formula is C15H23NS. The van der Waals surface area contributed by atoms with Crippen molar-refractivity contribution < 1.29 is 0 Å². The van der Waals surface area contributed by atoms with Gasteiger partial charge in [-0.3, -0.25) is 0 Å². The van der Waals surface area contributed by atoms with Crippen molar-refractivity contribution in [3.8, 4) is 0 Å². The average molecular weight is 249 g/mol. The van der Waals surface area contributed by atoms with Gasteiger partial charge in [0.15, 0.2) is 0 Å². The molecule has 0 atom stereocenters. The minimum atomic E-state index is 0.752. The van der Waals surface area contributed by atoms with Crippen LogP contribution < -0.4 is 5.73 Å². The summed E-state index contributed by atoms with van der Waals surface area (Å²) in [5.74, 6) is 0. The highest BCUT2D eigenvalue weighted by molar-refractivity contribution is 8.00. The second-order valence-corrected chi connectivity index (χ2v) is 6.37. The summed E-state index contributed by atoms with van der Waals surface area (Å²) in [6, 6.07) is 6.82. The van der Waals surface area contributed by atoms with Gasteiger partial charge < -0.3 is 5.73 Å². The second kappa shape index (κ2) is 6.46. The zero-order chi connectivity index (χ0) is 12.1. The number of thioether (sulfide) groups is 1. The normalized spacial score (nSPS) is 17.3. The molecule has 17 heavy (non-hydrogen) atoms. The van der Waals surface area contributed by atoms with Gasteiger partial charge in [-0.15, -0.1) is 11.8 Å².